The Kier molecular flexibility index (Phi) is 5.17. The number of carbonyl (C=O) groups is 1. The van der Waals surface area contributed by atoms with Crippen molar-refractivity contribution >= 4 is 11.6 Å². The zero-order valence-electron chi connectivity index (χ0n) is 12.7. The quantitative estimate of drug-likeness (QED) is 0.819. The van der Waals surface area contributed by atoms with Crippen LogP contribution in [-0.2, 0) is 0 Å². The molecule has 2 rings (SSSR count). The minimum Gasteiger partial charge on any atom is -0.398 e. The van der Waals surface area contributed by atoms with Gasteiger partial charge in [0.1, 0.15) is 5.82 Å². The van der Waals surface area contributed by atoms with Gasteiger partial charge in [-0.3, -0.25) is 9.69 Å². The molecule has 5 heteroatoms. The van der Waals surface area contributed by atoms with Crippen LogP contribution in [0.25, 0.3) is 0 Å². The molecule has 21 heavy (non-hydrogen) atoms. The van der Waals surface area contributed by atoms with Crippen molar-refractivity contribution < 1.29 is 9.18 Å². The topological polar surface area (TPSA) is 58.4 Å². The normalized spacial score (nSPS) is 17.1. The lowest BCUT2D eigenvalue weighted by molar-refractivity contribution is 0.0928. The third kappa shape index (κ3) is 3.94. The average Bonchev–Trinajstić information content (AvgIpc) is 2.92. The number of nitrogens with two attached hydrogens (primary N) is 1. The molecule has 1 atom stereocenters. The van der Waals surface area contributed by atoms with Gasteiger partial charge in [-0.1, -0.05) is 13.8 Å². The summed E-state index contributed by atoms with van der Waals surface area (Å²) < 4.78 is 13.0. The Bertz CT molecular complexity index is 498. The Balaban J connectivity index is 1.98. The highest BCUT2D eigenvalue weighted by atomic mass is 19.1. The molecule has 1 unspecified atom stereocenters. The van der Waals surface area contributed by atoms with Crippen LogP contribution in [0, 0.1) is 11.7 Å². The van der Waals surface area contributed by atoms with E-state index < -0.39 is 5.82 Å². The zero-order valence-corrected chi connectivity index (χ0v) is 12.7. The van der Waals surface area contributed by atoms with E-state index in [9.17, 15) is 9.18 Å². The summed E-state index contributed by atoms with van der Waals surface area (Å²) in [5.74, 6) is -0.201. The molecule has 1 fully saturated rings. The van der Waals surface area contributed by atoms with Crippen molar-refractivity contribution in [3.05, 3.63) is 29.6 Å². The van der Waals surface area contributed by atoms with Gasteiger partial charge >= 0.3 is 0 Å². The summed E-state index contributed by atoms with van der Waals surface area (Å²) >= 11 is 0. The predicted molar refractivity (Wildman–Crippen MR) is 82.6 cm³/mol. The van der Waals surface area contributed by atoms with Crippen LogP contribution in [0.4, 0.5) is 10.1 Å². The standard InChI is InChI=1S/C16H24FN3O/c1-11(2)15(20-7-3-4-8-20)10-19-16(21)13-6-5-12(17)9-14(13)18/h5-6,9,11,15H,3-4,7-8,10,18H2,1-2H3,(H,19,21). The van der Waals surface area contributed by atoms with E-state index >= 15 is 0 Å². The molecule has 3 N–H and O–H groups in total. The number of anilines is 1. The lowest BCUT2D eigenvalue weighted by Gasteiger charge is -2.31. The van der Waals surface area contributed by atoms with Crippen molar-refractivity contribution in [2.45, 2.75) is 32.7 Å². The Hall–Kier alpha value is -1.62. The maximum Gasteiger partial charge on any atom is 0.253 e. The van der Waals surface area contributed by atoms with E-state index in [0.29, 0.717) is 24.1 Å². The van der Waals surface area contributed by atoms with Crippen LogP contribution in [0.3, 0.4) is 0 Å². The van der Waals surface area contributed by atoms with Gasteiger partial charge in [-0.25, -0.2) is 4.39 Å². The first-order chi connectivity index (χ1) is 9.99. The molecule has 0 spiro atoms. The molecule has 0 aromatic heterocycles. The lowest BCUT2D eigenvalue weighted by Crippen LogP contribution is -2.45. The molecule has 1 aromatic rings. The average molecular weight is 293 g/mol. The monoisotopic (exact) mass is 293 g/mol. The van der Waals surface area contributed by atoms with Crippen LogP contribution in [0.2, 0.25) is 0 Å². The highest BCUT2D eigenvalue weighted by Gasteiger charge is 2.25. The molecule has 1 heterocycles. The van der Waals surface area contributed by atoms with Gasteiger partial charge in [0.25, 0.3) is 5.91 Å². The Morgan fingerprint density at radius 2 is 2.05 bits per heavy atom. The summed E-state index contributed by atoms with van der Waals surface area (Å²) in [7, 11) is 0. The van der Waals surface area contributed by atoms with Gasteiger partial charge in [0.15, 0.2) is 0 Å². The van der Waals surface area contributed by atoms with Gasteiger partial charge in [0.05, 0.1) is 5.56 Å². The van der Waals surface area contributed by atoms with Gasteiger partial charge in [0, 0.05) is 18.3 Å². The Morgan fingerprint density at radius 3 is 2.62 bits per heavy atom. The smallest absolute Gasteiger partial charge is 0.253 e. The van der Waals surface area contributed by atoms with Gasteiger partial charge in [-0.05, 0) is 50.0 Å². The summed E-state index contributed by atoms with van der Waals surface area (Å²) in [6.07, 6.45) is 2.45. The Labute approximate surface area is 125 Å². The van der Waals surface area contributed by atoms with Crippen molar-refractivity contribution in [3.63, 3.8) is 0 Å². The molecule has 1 saturated heterocycles. The number of nitrogen functional groups attached to an aromatic ring is 1. The number of rotatable bonds is 5. The van der Waals surface area contributed by atoms with Crippen LogP contribution in [0.1, 0.15) is 37.0 Å². The van der Waals surface area contributed by atoms with Gasteiger partial charge in [0.2, 0.25) is 0 Å². The Morgan fingerprint density at radius 1 is 1.38 bits per heavy atom. The molecule has 1 amide bonds. The molecular formula is C16H24FN3O. The molecule has 0 aliphatic carbocycles. The SMILES string of the molecule is CC(C)C(CNC(=O)c1ccc(F)cc1N)N1CCCC1. The molecule has 0 radical (unpaired) electrons. The number of nitrogens with zero attached hydrogens (tertiary/aromatic N) is 1. The maximum atomic E-state index is 13.0. The number of likely N-dealkylation sites (tertiary alicyclic amines) is 1. The highest BCUT2D eigenvalue weighted by molar-refractivity contribution is 5.99. The van der Waals surface area contributed by atoms with Crippen LogP contribution in [0.5, 0.6) is 0 Å². The number of halogens is 1. The molecule has 1 aliphatic rings. The third-order valence-electron chi connectivity index (χ3n) is 4.11. The third-order valence-corrected chi connectivity index (χ3v) is 4.11. The van der Waals surface area contributed by atoms with Crippen molar-refractivity contribution in [1.29, 1.82) is 0 Å². The van der Waals surface area contributed by atoms with E-state index in [-0.39, 0.29) is 11.6 Å². The molecule has 4 nitrogen and oxygen atoms in total. The van der Waals surface area contributed by atoms with Crippen LogP contribution < -0.4 is 11.1 Å². The van der Waals surface area contributed by atoms with Gasteiger partial charge < -0.3 is 11.1 Å². The number of benzene rings is 1. The number of amides is 1. The zero-order chi connectivity index (χ0) is 15.4. The summed E-state index contributed by atoms with van der Waals surface area (Å²) in [6, 6.07) is 4.19. The molecule has 0 saturated carbocycles. The summed E-state index contributed by atoms with van der Waals surface area (Å²) in [5, 5.41) is 2.93. The van der Waals surface area contributed by atoms with E-state index in [4.69, 9.17) is 5.73 Å². The van der Waals surface area contributed by atoms with Crippen LogP contribution in [0.15, 0.2) is 18.2 Å². The first kappa shape index (κ1) is 15.8. The molecule has 1 aliphatic heterocycles. The van der Waals surface area contributed by atoms with E-state index in [1.54, 1.807) is 0 Å². The second-order valence-electron chi connectivity index (χ2n) is 6.00. The second kappa shape index (κ2) is 6.89. The summed E-state index contributed by atoms with van der Waals surface area (Å²) in [5.41, 5.74) is 6.21. The van der Waals surface area contributed by atoms with Crippen molar-refractivity contribution in [2.75, 3.05) is 25.4 Å². The first-order valence-electron chi connectivity index (χ1n) is 7.56. The maximum absolute atomic E-state index is 13.0. The van der Waals surface area contributed by atoms with E-state index in [1.807, 2.05) is 0 Å². The minimum absolute atomic E-state index is 0.176. The lowest BCUT2D eigenvalue weighted by atomic mass is 10.0. The fourth-order valence-corrected chi connectivity index (χ4v) is 2.89. The molecule has 116 valence electrons. The highest BCUT2D eigenvalue weighted by Crippen LogP contribution is 2.18. The fourth-order valence-electron chi connectivity index (χ4n) is 2.89. The number of carbonyl (C=O) groups excluding carboxylic acids is 1. The molecule has 0 bridgehead atoms. The number of hydrogen-bond donors (Lipinski definition) is 2. The largest absolute Gasteiger partial charge is 0.398 e. The second-order valence-corrected chi connectivity index (χ2v) is 6.00. The van der Waals surface area contributed by atoms with Gasteiger partial charge in [-0.2, -0.15) is 0 Å². The van der Waals surface area contributed by atoms with E-state index in [2.05, 4.69) is 24.1 Å². The molecule has 1 aromatic carbocycles. The van der Waals surface area contributed by atoms with Crippen molar-refractivity contribution in [1.82, 2.24) is 10.2 Å². The van der Waals surface area contributed by atoms with Crippen LogP contribution in [-0.4, -0.2) is 36.5 Å². The van der Waals surface area contributed by atoms with E-state index in [1.165, 1.54) is 31.0 Å². The minimum atomic E-state index is -0.429. The van der Waals surface area contributed by atoms with Crippen molar-refractivity contribution in [3.8, 4) is 0 Å². The first-order valence-corrected chi connectivity index (χ1v) is 7.56. The predicted octanol–water partition coefficient (Wildman–Crippen LogP) is 2.26. The summed E-state index contributed by atoms with van der Waals surface area (Å²) in [6.45, 7) is 7.12. The van der Waals surface area contributed by atoms with Gasteiger partial charge in [-0.15, -0.1) is 0 Å². The van der Waals surface area contributed by atoms with Crippen molar-refractivity contribution in [2.24, 2.45) is 5.92 Å². The van der Waals surface area contributed by atoms with Crippen LogP contribution >= 0.6 is 0 Å². The molecular weight excluding hydrogens is 269 g/mol. The number of hydrogen-bond acceptors (Lipinski definition) is 3. The number of nitrogens with one attached hydrogen (secondary N) is 1. The fraction of sp³-hybridized carbons (Fsp3) is 0.562. The van der Waals surface area contributed by atoms with E-state index in [0.717, 1.165) is 13.1 Å². The summed E-state index contributed by atoms with van der Waals surface area (Å²) in [4.78, 5) is 14.6.